The predicted octanol–water partition coefficient (Wildman–Crippen LogP) is 1.40. The Morgan fingerprint density at radius 2 is 1.68 bits per heavy atom. The van der Waals surface area contributed by atoms with Gasteiger partial charge in [0.2, 0.25) is 11.9 Å². The summed E-state index contributed by atoms with van der Waals surface area (Å²) in [6, 6.07) is 0.576. The molecule has 0 bridgehead atoms. The number of ether oxygens (including phenoxy) is 1. The van der Waals surface area contributed by atoms with Crippen LogP contribution in [-0.4, -0.2) is 27.6 Å². The van der Waals surface area contributed by atoms with Crippen LogP contribution in [0.1, 0.15) is 34.6 Å². The van der Waals surface area contributed by atoms with E-state index in [0.717, 1.165) is 0 Å². The third-order valence-electron chi connectivity index (χ3n) is 4.31. The van der Waals surface area contributed by atoms with E-state index in [1.807, 2.05) is 6.92 Å². The van der Waals surface area contributed by atoms with Crippen LogP contribution in [0.25, 0.3) is 0 Å². The SMILES string of the molecule is CCOc1nc(NN)nc(NC2C(C)(C)C2(C)C)n1. The molecule has 7 heteroatoms. The number of rotatable bonds is 5. The fourth-order valence-corrected chi connectivity index (χ4v) is 2.37. The maximum Gasteiger partial charge on any atom is 0.323 e. The van der Waals surface area contributed by atoms with Crippen molar-refractivity contribution in [3.05, 3.63) is 0 Å². The number of hydrazine groups is 1. The number of nitrogens with two attached hydrogens (primary N) is 1. The Morgan fingerprint density at radius 1 is 1.11 bits per heavy atom. The summed E-state index contributed by atoms with van der Waals surface area (Å²) in [7, 11) is 0. The van der Waals surface area contributed by atoms with E-state index in [0.29, 0.717) is 18.6 Å². The third-order valence-corrected chi connectivity index (χ3v) is 4.31. The van der Waals surface area contributed by atoms with Gasteiger partial charge in [0.05, 0.1) is 6.61 Å². The summed E-state index contributed by atoms with van der Waals surface area (Å²) in [5.41, 5.74) is 2.81. The zero-order valence-electron chi connectivity index (χ0n) is 12.1. The van der Waals surface area contributed by atoms with Crippen LogP contribution < -0.4 is 21.3 Å². The van der Waals surface area contributed by atoms with Crippen LogP contribution >= 0.6 is 0 Å². The van der Waals surface area contributed by atoms with Crippen LogP contribution in [0.3, 0.4) is 0 Å². The lowest BCUT2D eigenvalue weighted by atomic mass is 10.0. The van der Waals surface area contributed by atoms with Crippen molar-refractivity contribution in [1.29, 1.82) is 0 Å². The van der Waals surface area contributed by atoms with Gasteiger partial charge >= 0.3 is 6.01 Å². The summed E-state index contributed by atoms with van der Waals surface area (Å²) in [5, 5.41) is 3.33. The van der Waals surface area contributed by atoms with Crippen molar-refractivity contribution in [2.24, 2.45) is 16.7 Å². The quantitative estimate of drug-likeness (QED) is 0.547. The maximum atomic E-state index is 5.35. The average molecular weight is 266 g/mol. The highest BCUT2D eigenvalue weighted by atomic mass is 16.5. The second kappa shape index (κ2) is 4.48. The van der Waals surface area contributed by atoms with Gasteiger partial charge in [0.25, 0.3) is 0 Å². The molecule has 0 atom stereocenters. The minimum absolute atomic E-state index is 0.196. The molecule has 1 heterocycles. The standard InChI is InChI=1S/C12H22N6O/c1-6-19-10-16-8(15-9(17-10)18-13)14-7-11(2,3)12(7,4)5/h7H,6,13H2,1-5H3,(H2,14,15,16,17,18). The van der Waals surface area contributed by atoms with Gasteiger partial charge in [-0.25, -0.2) is 5.84 Å². The highest BCUT2D eigenvalue weighted by Gasteiger charge is 2.65. The molecular weight excluding hydrogens is 244 g/mol. The fourth-order valence-electron chi connectivity index (χ4n) is 2.37. The van der Waals surface area contributed by atoms with Gasteiger partial charge in [0.15, 0.2) is 0 Å². The lowest BCUT2D eigenvalue weighted by Gasteiger charge is -2.09. The van der Waals surface area contributed by atoms with Crippen molar-refractivity contribution in [3.8, 4) is 6.01 Å². The topological polar surface area (TPSA) is 98.0 Å². The molecule has 0 radical (unpaired) electrons. The molecule has 1 aliphatic rings. The Hall–Kier alpha value is -1.63. The molecule has 1 aromatic heterocycles. The van der Waals surface area contributed by atoms with Crippen molar-refractivity contribution in [1.82, 2.24) is 15.0 Å². The first-order valence-electron chi connectivity index (χ1n) is 6.45. The molecular formula is C12H22N6O. The van der Waals surface area contributed by atoms with Crippen LogP contribution in [0.2, 0.25) is 0 Å². The minimum Gasteiger partial charge on any atom is -0.464 e. The molecule has 0 aromatic carbocycles. The molecule has 1 aromatic rings. The van der Waals surface area contributed by atoms with Crippen LogP contribution in [0.4, 0.5) is 11.9 Å². The molecule has 2 rings (SSSR count). The first kappa shape index (κ1) is 13.8. The van der Waals surface area contributed by atoms with Crippen molar-refractivity contribution < 1.29 is 4.74 Å². The van der Waals surface area contributed by atoms with Crippen LogP contribution in [0, 0.1) is 10.8 Å². The molecule has 1 fully saturated rings. The fraction of sp³-hybridized carbons (Fsp3) is 0.750. The van der Waals surface area contributed by atoms with Gasteiger partial charge < -0.3 is 10.1 Å². The van der Waals surface area contributed by atoms with Gasteiger partial charge in [0.1, 0.15) is 0 Å². The van der Waals surface area contributed by atoms with E-state index in [1.54, 1.807) is 0 Å². The average Bonchev–Trinajstić information content (AvgIpc) is 2.72. The number of hydrogen-bond donors (Lipinski definition) is 3. The first-order chi connectivity index (χ1) is 8.82. The highest BCUT2D eigenvalue weighted by Crippen LogP contribution is 2.63. The Labute approximate surface area is 113 Å². The predicted molar refractivity (Wildman–Crippen MR) is 73.8 cm³/mol. The molecule has 0 saturated heterocycles. The number of anilines is 2. The van der Waals surface area contributed by atoms with E-state index in [9.17, 15) is 0 Å². The lowest BCUT2D eigenvalue weighted by molar-refractivity contribution is 0.312. The summed E-state index contributed by atoms with van der Waals surface area (Å²) < 4.78 is 5.30. The molecule has 19 heavy (non-hydrogen) atoms. The smallest absolute Gasteiger partial charge is 0.323 e. The third kappa shape index (κ3) is 2.30. The molecule has 4 N–H and O–H groups in total. The summed E-state index contributed by atoms with van der Waals surface area (Å²) in [5.74, 6) is 6.12. The van der Waals surface area contributed by atoms with Crippen molar-refractivity contribution >= 4 is 11.9 Å². The lowest BCUT2D eigenvalue weighted by Crippen LogP contribution is -2.17. The number of nitrogens with one attached hydrogen (secondary N) is 2. The highest BCUT2D eigenvalue weighted by molar-refractivity contribution is 5.40. The van der Waals surface area contributed by atoms with Crippen molar-refractivity contribution in [2.45, 2.75) is 40.7 Å². The molecule has 7 nitrogen and oxygen atoms in total. The first-order valence-corrected chi connectivity index (χ1v) is 6.45. The molecule has 0 unspecified atom stereocenters. The number of nitrogens with zero attached hydrogens (tertiary/aromatic N) is 3. The Balaban J connectivity index is 2.19. The molecule has 0 aliphatic heterocycles. The zero-order valence-corrected chi connectivity index (χ0v) is 12.1. The summed E-state index contributed by atoms with van der Waals surface area (Å²) in [4.78, 5) is 12.4. The van der Waals surface area contributed by atoms with E-state index in [2.05, 4.69) is 53.4 Å². The molecule has 1 saturated carbocycles. The summed E-state index contributed by atoms with van der Waals surface area (Å²) in [6.45, 7) is 11.2. The van der Waals surface area contributed by atoms with Gasteiger partial charge in [-0.05, 0) is 17.8 Å². The molecule has 0 spiro atoms. The van der Waals surface area contributed by atoms with Crippen LogP contribution in [0.5, 0.6) is 6.01 Å². The monoisotopic (exact) mass is 266 g/mol. The van der Waals surface area contributed by atoms with E-state index < -0.39 is 0 Å². The molecule has 106 valence electrons. The van der Waals surface area contributed by atoms with Crippen LogP contribution in [-0.2, 0) is 0 Å². The normalized spacial score (nSPS) is 19.9. The van der Waals surface area contributed by atoms with Gasteiger partial charge in [-0.3, -0.25) is 5.43 Å². The van der Waals surface area contributed by atoms with Gasteiger partial charge in [-0.1, -0.05) is 27.7 Å². The van der Waals surface area contributed by atoms with Gasteiger partial charge in [-0.15, -0.1) is 0 Å². The van der Waals surface area contributed by atoms with Crippen molar-refractivity contribution in [3.63, 3.8) is 0 Å². The molecule has 0 amide bonds. The summed E-state index contributed by atoms with van der Waals surface area (Å²) in [6.07, 6.45) is 0. The maximum absolute atomic E-state index is 5.35. The Bertz CT molecular complexity index is 459. The minimum atomic E-state index is 0.196. The van der Waals surface area contributed by atoms with Gasteiger partial charge in [-0.2, -0.15) is 15.0 Å². The van der Waals surface area contributed by atoms with E-state index in [1.165, 1.54) is 0 Å². The van der Waals surface area contributed by atoms with E-state index in [-0.39, 0.29) is 22.8 Å². The Kier molecular flexibility index (Phi) is 3.25. The zero-order chi connectivity index (χ0) is 14.3. The van der Waals surface area contributed by atoms with E-state index in [4.69, 9.17) is 10.6 Å². The number of aromatic nitrogens is 3. The Morgan fingerprint density at radius 3 is 2.16 bits per heavy atom. The van der Waals surface area contributed by atoms with Crippen molar-refractivity contribution in [2.75, 3.05) is 17.3 Å². The second-order valence-electron chi connectivity index (χ2n) is 5.86. The van der Waals surface area contributed by atoms with E-state index >= 15 is 0 Å². The number of nitrogen functional groups attached to an aromatic ring is 1. The second-order valence-corrected chi connectivity index (χ2v) is 5.86. The molecule has 1 aliphatic carbocycles. The summed E-state index contributed by atoms with van der Waals surface area (Å²) >= 11 is 0. The number of hydrogen-bond acceptors (Lipinski definition) is 7. The van der Waals surface area contributed by atoms with Gasteiger partial charge in [0, 0.05) is 6.04 Å². The van der Waals surface area contributed by atoms with Crippen LogP contribution in [0.15, 0.2) is 0 Å². The largest absolute Gasteiger partial charge is 0.464 e.